The van der Waals surface area contributed by atoms with Gasteiger partial charge in [-0.15, -0.1) is 0 Å². The van der Waals surface area contributed by atoms with E-state index in [4.69, 9.17) is 11.6 Å². The number of hydrogen-bond acceptors (Lipinski definition) is 2. The maximum atomic E-state index is 6.37. The zero-order valence-corrected chi connectivity index (χ0v) is 12.1. The maximum Gasteiger partial charge on any atom is 0.0834 e. The molecule has 2 fully saturated rings. The molecule has 3 atom stereocenters. The lowest BCUT2D eigenvalue weighted by atomic mass is 9.92. The van der Waals surface area contributed by atoms with Gasteiger partial charge in [-0.05, 0) is 57.9 Å². The molecule has 2 aliphatic carbocycles. The highest BCUT2D eigenvalue weighted by molar-refractivity contribution is 6.31. The van der Waals surface area contributed by atoms with Gasteiger partial charge in [-0.3, -0.25) is 4.68 Å². The Labute approximate surface area is 114 Å². The normalized spacial score (nSPS) is 31.7. The van der Waals surface area contributed by atoms with E-state index in [9.17, 15) is 0 Å². The summed E-state index contributed by atoms with van der Waals surface area (Å²) in [5, 5.41) is 8.72. The van der Waals surface area contributed by atoms with Gasteiger partial charge in [0.25, 0.3) is 0 Å². The van der Waals surface area contributed by atoms with Crippen molar-refractivity contribution < 1.29 is 0 Å². The first kappa shape index (κ1) is 12.5. The predicted octanol–water partition coefficient (Wildman–Crippen LogP) is 3.42. The Morgan fingerprint density at radius 2 is 2.00 bits per heavy atom. The molecule has 0 spiro atoms. The Morgan fingerprint density at radius 3 is 2.56 bits per heavy atom. The third-order valence-corrected chi connectivity index (χ3v) is 4.92. The number of nitrogens with one attached hydrogen (secondary N) is 1. The molecule has 100 valence electrons. The van der Waals surface area contributed by atoms with E-state index in [2.05, 4.69) is 28.9 Å². The number of halogens is 1. The summed E-state index contributed by atoms with van der Waals surface area (Å²) < 4.78 is 2.08. The van der Waals surface area contributed by atoms with Crippen molar-refractivity contribution in [1.82, 2.24) is 15.1 Å². The van der Waals surface area contributed by atoms with Gasteiger partial charge in [0.2, 0.25) is 0 Å². The SMILES string of the molecule is CNC(c1c(Cl)cnn1C(C)C)C1CC2CC2C1. The summed E-state index contributed by atoms with van der Waals surface area (Å²) in [6, 6.07) is 0.717. The number of rotatable bonds is 4. The summed E-state index contributed by atoms with van der Waals surface area (Å²) in [7, 11) is 2.04. The Morgan fingerprint density at radius 1 is 1.33 bits per heavy atom. The van der Waals surface area contributed by atoms with Crippen molar-refractivity contribution in [2.45, 2.75) is 45.2 Å². The minimum atomic E-state index is 0.357. The molecule has 4 heteroatoms. The number of aromatic nitrogens is 2. The van der Waals surface area contributed by atoms with Crippen LogP contribution < -0.4 is 5.32 Å². The van der Waals surface area contributed by atoms with Crippen molar-refractivity contribution in [2.75, 3.05) is 7.05 Å². The van der Waals surface area contributed by atoms with Crippen LogP contribution in [0.15, 0.2) is 6.20 Å². The van der Waals surface area contributed by atoms with Gasteiger partial charge in [0.15, 0.2) is 0 Å². The average molecular weight is 268 g/mol. The van der Waals surface area contributed by atoms with E-state index in [0.29, 0.717) is 12.1 Å². The van der Waals surface area contributed by atoms with Crippen LogP contribution >= 0.6 is 11.6 Å². The van der Waals surface area contributed by atoms with E-state index < -0.39 is 0 Å². The van der Waals surface area contributed by atoms with Crippen LogP contribution in [0.25, 0.3) is 0 Å². The number of nitrogens with zero attached hydrogens (tertiary/aromatic N) is 2. The largest absolute Gasteiger partial charge is 0.311 e. The summed E-state index contributed by atoms with van der Waals surface area (Å²) in [6.45, 7) is 4.32. The third kappa shape index (κ3) is 1.97. The van der Waals surface area contributed by atoms with Crippen molar-refractivity contribution in [3.8, 4) is 0 Å². The second kappa shape index (κ2) is 4.53. The topological polar surface area (TPSA) is 29.9 Å². The molecule has 0 aromatic carbocycles. The molecule has 0 aliphatic heterocycles. The summed E-state index contributed by atoms with van der Waals surface area (Å²) in [5.74, 6) is 2.73. The van der Waals surface area contributed by atoms with Gasteiger partial charge in [0.05, 0.1) is 23.0 Å². The third-order valence-electron chi connectivity index (χ3n) is 4.63. The number of fused-ring (bicyclic) bond motifs is 1. The van der Waals surface area contributed by atoms with Gasteiger partial charge in [-0.2, -0.15) is 5.10 Å². The molecule has 1 heterocycles. The molecule has 0 bridgehead atoms. The van der Waals surface area contributed by atoms with E-state index in [1.807, 2.05) is 7.05 Å². The van der Waals surface area contributed by atoms with Gasteiger partial charge in [0.1, 0.15) is 0 Å². The van der Waals surface area contributed by atoms with Crippen LogP contribution in [-0.4, -0.2) is 16.8 Å². The first-order chi connectivity index (χ1) is 8.61. The minimum absolute atomic E-state index is 0.357. The Kier molecular flexibility index (Phi) is 3.15. The lowest BCUT2D eigenvalue weighted by Crippen LogP contribution is -2.28. The fourth-order valence-corrected chi connectivity index (χ4v) is 3.93. The molecule has 0 saturated heterocycles. The summed E-state index contributed by atoms with van der Waals surface area (Å²) in [6.07, 6.45) is 5.96. The highest BCUT2D eigenvalue weighted by Gasteiger charge is 2.48. The van der Waals surface area contributed by atoms with Crippen molar-refractivity contribution >= 4 is 11.6 Å². The molecular formula is C14H22ClN3. The molecule has 2 aliphatic rings. The van der Waals surface area contributed by atoms with Crippen LogP contribution in [-0.2, 0) is 0 Å². The monoisotopic (exact) mass is 267 g/mol. The van der Waals surface area contributed by atoms with E-state index in [-0.39, 0.29) is 0 Å². The predicted molar refractivity (Wildman–Crippen MR) is 73.7 cm³/mol. The van der Waals surface area contributed by atoms with Crippen LogP contribution in [0.5, 0.6) is 0 Å². The molecule has 2 saturated carbocycles. The Balaban J connectivity index is 1.88. The van der Waals surface area contributed by atoms with Gasteiger partial charge >= 0.3 is 0 Å². The molecule has 3 unspecified atom stereocenters. The Bertz CT molecular complexity index is 430. The molecule has 1 N–H and O–H groups in total. The van der Waals surface area contributed by atoms with Crippen LogP contribution in [0, 0.1) is 17.8 Å². The van der Waals surface area contributed by atoms with Crippen molar-refractivity contribution in [1.29, 1.82) is 0 Å². The highest BCUT2D eigenvalue weighted by atomic mass is 35.5. The van der Waals surface area contributed by atoms with Gasteiger partial charge < -0.3 is 5.32 Å². The second-order valence-electron chi connectivity index (χ2n) is 6.17. The van der Waals surface area contributed by atoms with Gasteiger partial charge in [-0.25, -0.2) is 0 Å². The second-order valence-corrected chi connectivity index (χ2v) is 6.58. The maximum absolute atomic E-state index is 6.37. The first-order valence-corrected chi connectivity index (χ1v) is 7.39. The zero-order chi connectivity index (χ0) is 12.9. The van der Waals surface area contributed by atoms with E-state index in [0.717, 1.165) is 22.8 Å². The first-order valence-electron chi connectivity index (χ1n) is 7.02. The van der Waals surface area contributed by atoms with E-state index in [1.54, 1.807) is 6.20 Å². The summed E-state index contributed by atoms with van der Waals surface area (Å²) in [5.41, 5.74) is 1.18. The molecule has 3 rings (SSSR count). The molecular weight excluding hydrogens is 246 g/mol. The fraction of sp³-hybridized carbons (Fsp3) is 0.786. The highest BCUT2D eigenvalue weighted by Crippen LogP contribution is 2.57. The standard InChI is InChI=1S/C14H22ClN3/c1-8(2)18-14(12(15)7-17-18)13(16-3)11-5-9-4-10(9)6-11/h7-11,13,16H,4-6H2,1-3H3. The Hall–Kier alpha value is -0.540. The minimum Gasteiger partial charge on any atom is -0.311 e. The van der Waals surface area contributed by atoms with Crippen molar-refractivity contribution in [3.63, 3.8) is 0 Å². The molecule has 3 nitrogen and oxygen atoms in total. The van der Waals surface area contributed by atoms with Crippen LogP contribution in [0.3, 0.4) is 0 Å². The van der Waals surface area contributed by atoms with Gasteiger partial charge in [0, 0.05) is 6.04 Å². The van der Waals surface area contributed by atoms with Crippen LogP contribution in [0.4, 0.5) is 0 Å². The lowest BCUT2D eigenvalue weighted by Gasteiger charge is -2.26. The van der Waals surface area contributed by atoms with E-state index in [1.165, 1.54) is 25.0 Å². The fourth-order valence-electron chi connectivity index (χ4n) is 3.68. The smallest absolute Gasteiger partial charge is 0.0834 e. The molecule has 18 heavy (non-hydrogen) atoms. The van der Waals surface area contributed by atoms with Crippen molar-refractivity contribution in [2.24, 2.45) is 17.8 Å². The van der Waals surface area contributed by atoms with Gasteiger partial charge in [-0.1, -0.05) is 11.6 Å². The number of hydrogen-bond donors (Lipinski definition) is 1. The molecule has 1 aromatic rings. The van der Waals surface area contributed by atoms with Crippen molar-refractivity contribution in [3.05, 3.63) is 16.9 Å². The van der Waals surface area contributed by atoms with Crippen LogP contribution in [0.1, 0.15) is 50.9 Å². The lowest BCUT2D eigenvalue weighted by molar-refractivity contribution is 0.332. The van der Waals surface area contributed by atoms with Crippen LogP contribution in [0.2, 0.25) is 5.02 Å². The van der Waals surface area contributed by atoms with E-state index >= 15 is 0 Å². The molecule has 0 radical (unpaired) electrons. The quantitative estimate of drug-likeness (QED) is 0.906. The molecule has 1 aromatic heterocycles. The average Bonchev–Trinajstić information content (AvgIpc) is 2.76. The summed E-state index contributed by atoms with van der Waals surface area (Å²) >= 11 is 6.37. The zero-order valence-electron chi connectivity index (χ0n) is 11.4. The summed E-state index contributed by atoms with van der Waals surface area (Å²) in [4.78, 5) is 0. The molecule has 0 amide bonds.